The summed E-state index contributed by atoms with van der Waals surface area (Å²) in [6.07, 6.45) is 5.00. The molecule has 0 aromatic carbocycles. The number of nitrogens with two attached hydrogens (primary N) is 1. The van der Waals surface area contributed by atoms with Crippen molar-refractivity contribution in [3.63, 3.8) is 0 Å². The molecule has 0 saturated heterocycles. The van der Waals surface area contributed by atoms with Gasteiger partial charge in [0.05, 0.1) is 18.0 Å². The van der Waals surface area contributed by atoms with Crippen LogP contribution in [0.3, 0.4) is 0 Å². The SMILES string of the molecule is CC(C(=O)O)C1(N)C=CC=NC1.Cl. The lowest BCUT2D eigenvalue weighted by atomic mass is 9.85. The van der Waals surface area contributed by atoms with E-state index < -0.39 is 17.4 Å². The molecule has 2 unspecified atom stereocenters. The number of hydrogen-bond donors (Lipinski definition) is 2. The number of carboxylic acid groups (broad SMARTS) is 1. The maximum Gasteiger partial charge on any atom is 0.308 e. The van der Waals surface area contributed by atoms with E-state index in [0.29, 0.717) is 6.54 Å². The van der Waals surface area contributed by atoms with Crippen LogP contribution >= 0.6 is 12.4 Å². The average Bonchev–Trinajstić information content (AvgIpc) is 2.04. The van der Waals surface area contributed by atoms with Gasteiger partial charge in [0.2, 0.25) is 0 Å². The van der Waals surface area contributed by atoms with E-state index in [9.17, 15) is 4.79 Å². The molecule has 0 spiro atoms. The first-order valence-electron chi connectivity index (χ1n) is 3.75. The lowest BCUT2D eigenvalue weighted by Crippen LogP contribution is -2.51. The molecule has 1 heterocycles. The molecule has 3 N–H and O–H groups in total. The van der Waals surface area contributed by atoms with Crippen molar-refractivity contribution in [3.05, 3.63) is 12.2 Å². The van der Waals surface area contributed by atoms with E-state index in [4.69, 9.17) is 10.8 Å². The van der Waals surface area contributed by atoms with Gasteiger partial charge in [0.15, 0.2) is 0 Å². The molecule has 0 fully saturated rings. The lowest BCUT2D eigenvalue weighted by molar-refractivity contribution is -0.142. The molecular formula is C8H13ClN2O2. The molecule has 13 heavy (non-hydrogen) atoms. The van der Waals surface area contributed by atoms with E-state index in [1.165, 1.54) is 0 Å². The molecule has 0 amide bonds. The van der Waals surface area contributed by atoms with Crippen LogP contribution in [-0.2, 0) is 4.79 Å². The molecule has 0 saturated carbocycles. The smallest absolute Gasteiger partial charge is 0.308 e. The van der Waals surface area contributed by atoms with Crippen LogP contribution in [0.2, 0.25) is 0 Å². The van der Waals surface area contributed by atoms with E-state index >= 15 is 0 Å². The minimum atomic E-state index is -0.890. The van der Waals surface area contributed by atoms with Gasteiger partial charge in [0, 0.05) is 6.21 Å². The molecule has 1 aliphatic rings. The Morgan fingerprint density at radius 2 is 2.38 bits per heavy atom. The first-order chi connectivity index (χ1) is 5.56. The van der Waals surface area contributed by atoms with Crippen LogP contribution in [0.25, 0.3) is 0 Å². The van der Waals surface area contributed by atoms with Crippen molar-refractivity contribution in [3.8, 4) is 0 Å². The van der Waals surface area contributed by atoms with Crippen LogP contribution in [0.5, 0.6) is 0 Å². The Labute approximate surface area is 82.9 Å². The molecule has 0 aromatic heterocycles. The van der Waals surface area contributed by atoms with Crippen LogP contribution in [0, 0.1) is 5.92 Å². The zero-order chi connectivity index (χ0) is 9.19. The van der Waals surface area contributed by atoms with Crippen molar-refractivity contribution in [2.24, 2.45) is 16.6 Å². The number of nitrogens with zero attached hydrogens (tertiary/aromatic N) is 1. The predicted molar refractivity (Wildman–Crippen MR) is 53.5 cm³/mol. The molecular weight excluding hydrogens is 192 g/mol. The van der Waals surface area contributed by atoms with Crippen molar-refractivity contribution in [1.29, 1.82) is 0 Å². The fourth-order valence-electron chi connectivity index (χ4n) is 1.06. The van der Waals surface area contributed by atoms with Crippen LogP contribution in [0.15, 0.2) is 17.1 Å². The van der Waals surface area contributed by atoms with Gasteiger partial charge in [-0.3, -0.25) is 9.79 Å². The maximum atomic E-state index is 10.6. The predicted octanol–water partition coefficient (Wildman–Crippen LogP) is 0.467. The van der Waals surface area contributed by atoms with E-state index in [-0.39, 0.29) is 12.4 Å². The highest BCUT2D eigenvalue weighted by molar-refractivity contribution is 5.85. The molecule has 74 valence electrons. The number of dihydropyridines is 1. The third kappa shape index (κ3) is 2.54. The second-order valence-corrected chi connectivity index (χ2v) is 3.02. The highest BCUT2D eigenvalue weighted by atomic mass is 35.5. The summed E-state index contributed by atoms with van der Waals surface area (Å²) in [4.78, 5) is 14.6. The Kier molecular flexibility index (Phi) is 4.10. The van der Waals surface area contributed by atoms with Crippen LogP contribution in [0.4, 0.5) is 0 Å². The molecule has 1 rings (SSSR count). The minimum absolute atomic E-state index is 0. The highest BCUT2D eigenvalue weighted by Crippen LogP contribution is 2.18. The van der Waals surface area contributed by atoms with E-state index in [1.54, 1.807) is 25.3 Å². The third-order valence-electron chi connectivity index (χ3n) is 2.14. The van der Waals surface area contributed by atoms with Gasteiger partial charge in [-0.05, 0) is 13.0 Å². The average molecular weight is 205 g/mol. The van der Waals surface area contributed by atoms with Crippen molar-refractivity contribution >= 4 is 24.6 Å². The molecule has 2 atom stereocenters. The zero-order valence-corrected chi connectivity index (χ0v) is 8.12. The lowest BCUT2D eigenvalue weighted by Gasteiger charge is -2.29. The number of aliphatic carboxylic acids is 1. The fraction of sp³-hybridized carbons (Fsp3) is 0.500. The summed E-state index contributed by atoms with van der Waals surface area (Å²) in [6.45, 7) is 1.94. The molecule has 0 radical (unpaired) electrons. The van der Waals surface area contributed by atoms with Gasteiger partial charge < -0.3 is 10.8 Å². The second kappa shape index (κ2) is 4.39. The minimum Gasteiger partial charge on any atom is -0.481 e. The number of allylic oxidation sites excluding steroid dienone is 1. The van der Waals surface area contributed by atoms with Crippen molar-refractivity contribution in [2.45, 2.75) is 12.5 Å². The summed E-state index contributed by atoms with van der Waals surface area (Å²) in [7, 11) is 0. The molecule has 0 bridgehead atoms. The third-order valence-corrected chi connectivity index (χ3v) is 2.14. The first-order valence-corrected chi connectivity index (χ1v) is 3.75. The first kappa shape index (κ1) is 12.1. The summed E-state index contributed by atoms with van der Waals surface area (Å²) in [6, 6.07) is 0. The number of halogens is 1. The number of hydrogen-bond acceptors (Lipinski definition) is 3. The Balaban J connectivity index is 0.00000144. The summed E-state index contributed by atoms with van der Waals surface area (Å²) in [5, 5.41) is 8.73. The highest BCUT2D eigenvalue weighted by Gasteiger charge is 2.34. The molecule has 5 heteroatoms. The monoisotopic (exact) mass is 204 g/mol. The van der Waals surface area contributed by atoms with E-state index in [1.807, 2.05) is 0 Å². The Morgan fingerprint density at radius 3 is 2.77 bits per heavy atom. The Morgan fingerprint density at radius 1 is 1.77 bits per heavy atom. The van der Waals surface area contributed by atoms with Gasteiger partial charge in [-0.25, -0.2) is 0 Å². The topological polar surface area (TPSA) is 75.7 Å². The Bertz CT molecular complexity index is 253. The van der Waals surface area contributed by atoms with E-state index in [2.05, 4.69) is 4.99 Å². The number of aliphatic imine (C=N–C) groups is 1. The summed E-state index contributed by atoms with van der Waals surface area (Å²) >= 11 is 0. The fourth-order valence-corrected chi connectivity index (χ4v) is 1.06. The number of rotatable bonds is 2. The van der Waals surface area contributed by atoms with Crippen LogP contribution in [-0.4, -0.2) is 29.4 Å². The number of carboxylic acids is 1. The van der Waals surface area contributed by atoms with Crippen LogP contribution < -0.4 is 5.73 Å². The standard InChI is InChI=1S/C8H12N2O2.ClH/c1-6(7(11)12)8(9)3-2-4-10-5-8;/h2-4,6H,5,9H2,1H3,(H,11,12);1H. The quantitative estimate of drug-likeness (QED) is 0.687. The molecule has 4 nitrogen and oxygen atoms in total. The van der Waals surface area contributed by atoms with Crippen LogP contribution in [0.1, 0.15) is 6.92 Å². The second-order valence-electron chi connectivity index (χ2n) is 3.02. The van der Waals surface area contributed by atoms with Crippen molar-refractivity contribution < 1.29 is 9.90 Å². The van der Waals surface area contributed by atoms with Gasteiger partial charge in [-0.1, -0.05) is 6.08 Å². The van der Waals surface area contributed by atoms with Crippen molar-refractivity contribution in [1.82, 2.24) is 0 Å². The van der Waals surface area contributed by atoms with Crippen molar-refractivity contribution in [2.75, 3.05) is 6.54 Å². The zero-order valence-electron chi connectivity index (χ0n) is 7.30. The van der Waals surface area contributed by atoms with Gasteiger partial charge in [-0.15, -0.1) is 12.4 Å². The van der Waals surface area contributed by atoms with Gasteiger partial charge >= 0.3 is 5.97 Å². The number of carbonyl (C=O) groups is 1. The molecule has 0 aromatic rings. The maximum absolute atomic E-state index is 10.6. The summed E-state index contributed by atoms with van der Waals surface area (Å²) in [5.41, 5.74) is 5.00. The van der Waals surface area contributed by atoms with E-state index in [0.717, 1.165) is 0 Å². The largest absolute Gasteiger partial charge is 0.481 e. The molecule has 1 aliphatic heterocycles. The van der Waals surface area contributed by atoms with Gasteiger partial charge in [0.1, 0.15) is 0 Å². The summed E-state index contributed by atoms with van der Waals surface area (Å²) < 4.78 is 0. The summed E-state index contributed by atoms with van der Waals surface area (Å²) in [5.74, 6) is -1.49. The normalized spacial score (nSPS) is 27.8. The van der Waals surface area contributed by atoms with Gasteiger partial charge in [0.25, 0.3) is 0 Å². The van der Waals surface area contributed by atoms with Gasteiger partial charge in [-0.2, -0.15) is 0 Å². The molecule has 0 aliphatic carbocycles. The Hall–Kier alpha value is -0.870.